The molecule has 26 heavy (non-hydrogen) atoms. The maximum Gasteiger partial charge on any atom is 0.257 e. The number of rotatable bonds is 5. The highest BCUT2D eigenvalue weighted by Crippen LogP contribution is 2.28. The second-order valence-corrected chi connectivity index (χ2v) is 7.29. The van der Waals surface area contributed by atoms with Crippen molar-refractivity contribution < 1.29 is 9.53 Å². The number of carbonyl (C=O) groups is 1. The summed E-state index contributed by atoms with van der Waals surface area (Å²) in [4.78, 5) is 16.8. The molecule has 5 nitrogen and oxygen atoms in total. The van der Waals surface area contributed by atoms with Crippen molar-refractivity contribution in [2.45, 2.75) is 13.3 Å². The number of thiazole rings is 1. The Balaban J connectivity index is 1.64. The fraction of sp³-hybridized carbons (Fsp3) is 0.167. The Morgan fingerprint density at radius 1 is 1.31 bits per heavy atom. The summed E-state index contributed by atoms with van der Waals surface area (Å²) in [6.45, 7) is 2.63. The van der Waals surface area contributed by atoms with Crippen LogP contribution < -0.4 is 15.4 Å². The van der Waals surface area contributed by atoms with E-state index in [1.807, 2.05) is 25.1 Å². The monoisotopic (exact) mass is 405 g/mol. The van der Waals surface area contributed by atoms with Gasteiger partial charge in [0.05, 0.1) is 16.8 Å². The summed E-state index contributed by atoms with van der Waals surface area (Å²) in [6.07, 6.45) is 0.901. The maximum absolute atomic E-state index is 12.4. The van der Waals surface area contributed by atoms with Crippen molar-refractivity contribution in [3.8, 4) is 5.75 Å². The number of fused-ring (bicyclic) bond motifs is 1. The molecule has 1 heterocycles. The third kappa shape index (κ3) is 4.69. The standard InChI is InChI=1S/C18H16ClN3O2S2/c1-2-8-24-13-5-3-4-11(9-13)16(23)21-17(25)22-18-20-14-7-6-12(19)10-15(14)26-18/h3-7,9-10H,2,8H2,1H3,(H2,20,21,22,23,25). The molecule has 0 bridgehead atoms. The Morgan fingerprint density at radius 2 is 2.15 bits per heavy atom. The highest BCUT2D eigenvalue weighted by atomic mass is 35.5. The van der Waals surface area contributed by atoms with Crippen LogP contribution in [0.5, 0.6) is 5.75 Å². The van der Waals surface area contributed by atoms with Crippen LogP contribution in [0, 0.1) is 0 Å². The summed E-state index contributed by atoms with van der Waals surface area (Å²) in [6, 6.07) is 12.4. The van der Waals surface area contributed by atoms with Crippen LogP contribution in [-0.4, -0.2) is 22.6 Å². The van der Waals surface area contributed by atoms with Crippen LogP contribution in [0.2, 0.25) is 5.02 Å². The van der Waals surface area contributed by atoms with Crippen molar-refractivity contribution in [1.29, 1.82) is 0 Å². The molecule has 2 aromatic carbocycles. The maximum atomic E-state index is 12.4. The molecular formula is C18H16ClN3O2S2. The van der Waals surface area contributed by atoms with Gasteiger partial charge in [-0.15, -0.1) is 0 Å². The Morgan fingerprint density at radius 3 is 2.96 bits per heavy atom. The molecule has 134 valence electrons. The number of thiocarbonyl (C=S) groups is 1. The van der Waals surface area contributed by atoms with Gasteiger partial charge in [0.25, 0.3) is 5.91 Å². The topological polar surface area (TPSA) is 63.2 Å². The predicted molar refractivity (Wildman–Crippen MR) is 111 cm³/mol. The Labute approximate surface area is 165 Å². The second-order valence-electron chi connectivity index (χ2n) is 5.42. The zero-order valence-electron chi connectivity index (χ0n) is 13.9. The van der Waals surface area contributed by atoms with Gasteiger partial charge in [-0.3, -0.25) is 10.1 Å². The van der Waals surface area contributed by atoms with Crippen LogP contribution in [0.15, 0.2) is 42.5 Å². The number of anilines is 1. The number of nitrogens with one attached hydrogen (secondary N) is 2. The first-order valence-electron chi connectivity index (χ1n) is 7.96. The molecule has 0 aliphatic rings. The van der Waals surface area contributed by atoms with Crippen LogP contribution in [-0.2, 0) is 0 Å². The van der Waals surface area contributed by atoms with Gasteiger partial charge in [-0.25, -0.2) is 4.98 Å². The van der Waals surface area contributed by atoms with E-state index in [4.69, 9.17) is 28.6 Å². The number of amides is 1. The average molecular weight is 406 g/mol. The van der Waals surface area contributed by atoms with E-state index < -0.39 is 0 Å². The van der Waals surface area contributed by atoms with Gasteiger partial charge in [0, 0.05) is 10.6 Å². The minimum Gasteiger partial charge on any atom is -0.494 e. The normalized spacial score (nSPS) is 10.5. The van der Waals surface area contributed by atoms with E-state index in [2.05, 4.69) is 15.6 Å². The molecular weight excluding hydrogens is 390 g/mol. The van der Waals surface area contributed by atoms with Crippen molar-refractivity contribution in [2.75, 3.05) is 11.9 Å². The molecule has 0 saturated carbocycles. The quantitative estimate of drug-likeness (QED) is 0.593. The van der Waals surface area contributed by atoms with Crippen LogP contribution in [0.4, 0.5) is 5.13 Å². The number of benzene rings is 2. The zero-order chi connectivity index (χ0) is 18.5. The zero-order valence-corrected chi connectivity index (χ0v) is 16.3. The molecule has 2 N–H and O–H groups in total. The first kappa shape index (κ1) is 18.6. The van der Waals surface area contributed by atoms with Gasteiger partial charge >= 0.3 is 0 Å². The van der Waals surface area contributed by atoms with Crippen LogP contribution in [0.25, 0.3) is 10.2 Å². The van der Waals surface area contributed by atoms with Crippen LogP contribution >= 0.6 is 35.2 Å². The number of hydrogen-bond donors (Lipinski definition) is 2. The summed E-state index contributed by atoms with van der Waals surface area (Å²) in [7, 11) is 0. The molecule has 1 aromatic heterocycles. The molecule has 8 heteroatoms. The summed E-state index contributed by atoms with van der Waals surface area (Å²) < 4.78 is 6.48. The van der Waals surface area contributed by atoms with Crippen LogP contribution in [0.1, 0.15) is 23.7 Å². The molecule has 0 aliphatic carbocycles. The van der Waals surface area contributed by atoms with Crippen molar-refractivity contribution in [3.63, 3.8) is 0 Å². The largest absolute Gasteiger partial charge is 0.494 e. The lowest BCUT2D eigenvalue weighted by atomic mass is 10.2. The van der Waals surface area contributed by atoms with E-state index in [0.717, 1.165) is 16.6 Å². The minimum absolute atomic E-state index is 0.181. The van der Waals surface area contributed by atoms with Crippen molar-refractivity contribution in [3.05, 3.63) is 53.1 Å². The number of nitrogens with zero attached hydrogens (tertiary/aromatic N) is 1. The smallest absolute Gasteiger partial charge is 0.257 e. The molecule has 1 amide bonds. The van der Waals surface area contributed by atoms with Crippen LogP contribution in [0.3, 0.4) is 0 Å². The summed E-state index contributed by atoms with van der Waals surface area (Å²) in [5.41, 5.74) is 1.29. The van der Waals surface area contributed by atoms with Gasteiger partial charge in [-0.05, 0) is 55.0 Å². The lowest BCUT2D eigenvalue weighted by molar-refractivity contribution is 0.0977. The Hall–Kier alpha value is -2.22. The molecule has 0 atom stereocenters. The number of aromatic nitrogens is 1. The highest BCUT2D eigenvalue weighted by molar-refractivity contribution is 7.80. The molecule has 3 rings (SSSR count). The molecule has 3 aromatic rings. The average Bonchev–Trinajstić information content (AvgIpc) is 3.01. The van der Waals surface area contributed by atoms with E-state index in [0.29, 0.717) is 28.1 Å². The number of hydrogen-bond acceptors (Lipinski definition) is 5. The predicted octanol–water partition coefficient (Wildman–Crippen LogP) is 4.87. The molecule has 0 unspecified atom stereocenters. The van der Waals surface area contributed by atoms with Gasteiger partial charge in [0.1, 0.15) is 5.75 Å². The minimum atomic E-state index is -0.311. The molecule has 0 saturated heterocycles. The third-order valence-electron chi connectivity index (χ3n) is 3.37. The fourth-order valence-corrected chi connectivity index (χ4v) is 3.60. The molecule has 0 fully saturated rings. The number of carbonyl (C=O) groups excluding carboxylic acids is 1. The SMILES string of the molecule is CCCOc1cccc(C(=O)NC(=S)Nc2nc3ccc(Cl)cc3s2)c1. The van der Waals surface area contributed by atoms with E-state index in [1.165, 1.54) is 11.3 Å². The first-order valence-corrected chi connectivity index (χ1v) is 9.56. The highest BCUT2D eigenvalue weighted by Gasteiger charge is 2.11. The number of halogens is 1. The van der Waals surface area contributed by atoms with Crippen molar-refractivity contribution in [1.82, 2.24) is 10.3 Å². The lowest BCUT2D eigenvalue weighted by Gasteiger charge is -2.09. The van der Waals surface area contributed by atoms with E-state index >= 15 is 0 Å². The summed E-state index contributed by atoms with van der Waals surface area (Å²) in [5, 5.41) is 7.00. The second kappa shape index (κ2) is 8.44. The molecule has 0 spiro atoms. The van der Waals surface area contributed by atoms with Gasteiger partial charge < -0.3 is 10.1 Å². The Kier molecular flexibility index (Phi) is 6.03. The van der Waals surface area contributed by atoms with Gasteiger partial charge in [0.2, 0.25) is 0 Å². The Bertz CT molecular complexity index is 959. The van der Waals surface area contributed by atoms with E-state index in [9.17, 15) is 4.79 Å². The number of ether oxygens (including phenoxy) is 1. The first-order chi connectivity index (χ1) is 12.5. The molecule has 0 aliphatic heterocycles. The molecule has 0 radical (unpaired) electrons. The fourth-order valence-electron chi connectivity index (χ4n) is 2.20. The third-order valence-corrected chi connectivity index (χ3v) is 4.74. The summed E-state index contributed by atoms with van der Waals surface area (Å²) in [5.74, 6) is 0.343. The van der Waals surface area contributed by atoms with Gasteiger partial charge in [0.15, 0.2) is 10.2 Å². The lowest BCUT2D eigenvalue weighted by Crippen LogP contribution is -2.34. The van der Waals surface area contributed by atoms with Crippen molar-refractivity contribution >= 4 is 61.5 Å². The van der Waals surface area contributed by atoms with E-state index in [-0.39, 0.29) is 11.0 Å². The van der Waals surface area contributed by atoms with Gasteiger partial charge in [-0.1, -0.05) is 35.9 Å². The van der Waals surface area contributed by atoms with E-state index in [1.54, 1.807) is 24.3 Å². The van der Waals surface area contributed by atoms with Gasteiger partial charge in [-0.2, -0.15) is 0 Å². The summed E-state index contributed by atoms with van der Waals surface area (Å²) >= 11 is 12.6. The van der Waals surface area contributed by atoms with Crippen molar-refractivity contribution in [2.24, 2.45) is 0 Å².